The van der Waals surface area contributed by atoms with E-state index in [1.165, 1.54) is 0 Å². The minimum absolute atomic E-state index is 0.268. The molecule has 0 aliphatic carbocycles. The summed E-state index contributed by atoms with van der Waals surface area (Å²) in [6.07, 6.45) is 6.96. The van der Waals surface area contributed by atoms with E-state index in [-0.39, 0.29) is 5.91 Å². The van der Waals surface area contributed by atoms with Crippen molar-refractivity contribution in [2.45, 2.75) is 13.8 Å². The van der Waals surface area contributed by atoms with Gasteiger partial charge in [-0.2, -0.15) is 10.2 Å². The van der Waals surface area contributed by atoms with Crippen LogP contribution in [-0.2, 0) is 0 Å². The van der Waals surface area contributed by atoms with Gasteiger partial charge in [-0.3, -0.25) is 9.78 Å². The summed E-state index contributed by atoms with van der Waals surface area (Å²) in [5.41, 5.74) is 7.56. The summed E-state index contributed by atoms with van der Waals surface area (Å²) in [5.74, 6) is -0.268. The molecule has 2 aromatic carbocycles. The molecule has 0 unspecified atom stereocenters. The predicted octanol–water partition coefficient (Wildman–Crippen LogP) is 4.54. The quantitative estimate of drug-likeness (QED) is 0.324. The molecule has 7 heteroatoms. The lowest BCUT2D eigenvalue weighted by Gasteiger charge is -2.20. The molecule has 0 spiro atoms. The van der Waals surface area contributed by atoms with Gasteiger partial charge in [-0.1, -0.05) is 18.2 Å². The Labute approximate surface area is 193 Å². The second-order valence-electron chi connectivity index (χ2n) is 7.37. The first-order valence-electron chi connectivity index (χ1n) is 10.9. The number of benzene rings is 2. The Bertz CT molecular complexity index is 1210. The second kappa shape index (κ2) is 10.4. The van der Waals surface area contributed by atoms with Crippen LogP contribution in [-0.4, -0.2) is 40.0 Å². The molecule has 0 radical (unpaired) electrons. The van der Waals surface area contributed by atoms with Crippen molar-refractivity contribution in [2.24, 2.45) is 5.10 Å². The van der Waals surface area contributed by atoms with Crippen molar-refractivity contribution in [3.8, 4) is 16.9 Å². The lowest BCUT2D eigenvalue weighted by molar-refractivity contribution is 0.0955. The van der Waals surface area contributed by atoms with Crippen LogP contribution in [0.15, 0.2) is 90.4 Å². The first-order valence-corrected chi connectivity index (χ1v) is 10.9. The van der Waals surface area contributed by atoms with Gasteiger partial charge in [0.1, 0.15) is 5.69 Å². The van der Waals surface area contributed by atoms with Crippen LogP contribution >= 0.6 is 0 Å². The van der Waals surface area contributed by atoms with Gasteiger partial charge >= 0.3 is 0 Å². The SMILES string of the molecule is CCN(CC)c1ccc(C(=O)N/N=C/c2cn(-c3ccccc3)nc2-c2cccnc2)cc1. The molecule has 0 saturated heterocycles. The maximum atomic E-state index is 12.6. The van der Waals surface area contributed by atoms with Crippen LogP contribution in [0.4, 0.5) is 5.69 Å². The van der Waals surface area contributed by atoms with Gasteiger partial charge in [0.15, 0.2) is 0 Å². The summed E-state index contributed by atoms with van der Waals surface area (Å²) in [4.78, 5) is 19.0. The van der Waals surface area contributed by atoms with Crippen LogP contribution in [0.3, 0.4) is 0 Å². The van der Waals surface area contributed by atoms with Crippen molar-refractivity contribution in [3.05, 3.63) is 96.4 Å². The van der Waals surface area contributed by atoms with Crippen molar-refractivity contribution < 1.29 is 4.79 Å². The third-order valence-electron chi connectivity index (χ3n) is 5.33. The molecule has 4 aromatic rings. The van der Waals surface area contributed by atoms with Crippen molar-refractivity contribution >= 4 is 17.8 Å². The second-order valence-corrected chi connectivity index (χ2v) is 7.37. The van der Waals surface area contributed by atoms with Crippen LogP contribution in [0, 0.1) is 0 Å². The Morgan fingerprint density at radius 1 is 1.03 bits per heavy atom. The average Bonchev–Trinajstić information content (AvgIpc) is 3.30. The predicted molar refractivity (Wildman–Crippen MR) is 132 cm³/mol. The third-order valence-corrected chi connectivity index (χ3v) is 5.33. The molecular formula is C26H26N6O. The van der Waals surface area contributed by atoms with E-state index in [4.69, 9.17) is 5.10 Å². The summed E-state index contributed by atoms with van der Waals surface area (Å²) in [6.45, 7) is 6.06. The van der Waals surface area contributed by atoms with Gasteiger partial charge in [-0.15, -0.1) is 0 Å². The highest BCUT2D eigenvalue weighted by Gasteiger charge is 2.12. The molecule has 1 N–H and O–H groups in total. The van der Waals surface area contributed by atoms with Crippen LogP contribution in [0.2, 0.25) is 0 Å². The van der Waals surface area contributed by atoms with Crippen molar-refractivity contribution in [3.63, 3.8) is 0 Å². The van der Waals surface area contributed by atoms with Crippen LogP contribution in [0.25, 0.3) is 16.9 Å². The number of aromatic nitrogens is 3. The van der Waals surface area contributed by atoms with Crippen molar-refractivity contribution in [2.75, 3.05) is 18.0 Å². The average molecular weight is 439 g/mol. The highest BCUT2D eigenvalue weighted by molar-refractivity contribution is 5.96. The van der Waals surface area contributed by atoms with Gasteiger partial charge in [0.25, 0.3) is 5.91 Å². The molecule has 166 valence electrons. The number of carbonyl (C=O) groups is 1. The van der Waals surface area contributed by atoms with Gasteiger partial charge in [-0.25, -0.2) is 10.1 Å². The summed E-state index contributed by atoms with van der Waals surface area (Å²) in [5, 5.41) is 8.91. The Balaban J connectivity index is 1.54. The van der Waals surface area contributed by atoms with Crippen molar-refractivity contribution in [1.29, 1.82) is 0 Å². The molecule has 0 aliphatic heterocycles. The molecule has 0 fully saturated rings. The number of carbonyl (C=O) groups excluding carboxylic acids is 1. The Morgan fingerprint density at radius 2 is 1.79 bits per heavy atom. The number of para-hydroxylation sites is 1. The Morgan fingerprint density at radius 3 is 2.45 bits per heavy atom. The maximum absolute atomic E-state index is 12.6. The highest BCUT2D eigenvalue weighted by Crippen LogP contribution is 2.22. The molecule has 4 rings (SSSR count). The monoisotopic (exact) mass is 438 g/mol. The van der Waals surface area contributed by atoms with E-state index >= 15 is 0 Å². The molecule has 7 nitrogen and oxygen atoms in total. The number of nitrogens with zero attached hydrogens (tertiary/aromatic N) is 5. The number of hydrogen-bond donors (Lipinski definition) is 1. The molecule has 0 atom stereocenters. The number of rotatable bonds is 8. The fourth-order valence-corrected chi connectivity index (χ4v) is 3.56. The summed E-state index contributed by atoms with van der Waals surface area (Å²) >= 11 is 0. The van der Waals surface area contributed by atoms with Gasteiger partial charge in [0.2, 0.25) is 0 Å². The first kappa shape index (κ1) is 22.0. The van der Waals surface area contributed by atoms with E-state index in [1.807, 2.05) is 72.9 Å². The molecule has 33 heavy (non-hydrogen) atoms. The summed E-state index contributed by atoms with van der Waals surface area (Å²) < 4.78 is 1.79. The zero-order valence-corrected chi connectivity index (χ0v) is 18.7. The molecule has 1 amide bonds. The summed E-state index contributed by atoms with van der Waals surface area (Å²) in [6, 6.07) is 21.2. The van der Waals surface area contributed by atoms with Gasteiger partial charge < -0.3 is 4.90 Å². The molecule has 0 saturated carbocycles. The lowest BCUT2D eigenvalue weighted by atomic mass is 10.1. The van der Waals surface area contributed by atoms with E-state index < -0.39 is 0 Å². The third kappa shape index (κ3) is 5.15. The molecular weight excluding hydrogens is 412 g/mol. The van der Waals surface area contributed by atoms with Crippen molar-refractivity contribution in [1.82, 2.24) is 20.2 Å². The van der Waals surface area contributed by atoms with Gasteiger partial charge in [-0.05, 0) is 62.4 Å². The maximum Gasteiger partial charge on any atom is 0.271 e. The number of amides is 1. The Hall–Kier alpha value is -4.26. The van der Waals surface area contributed by atoms with E-state index in [2.05, 4.69) is 34.3 Å². The number of nitrogens with one attached hydrogen (secondary N) is 1. The lowest BCUT2D eigenvalue weighted by Crippen LogP contribution is -2.22. The van der Waals surface area contributed by atoms with E-state index in [0.29, 0.717) is 5.56 Å². The molecule has 0 bridgehead atoms. The number of hydrazone groups is 1. The number of anilines is 1. The van der Waals surface area contributed by atoms with Gasteiger partial charge in [0.05, 0.1) is 11.9 Å². The first-order chi connectivity index (χ1) is 16.2. The summed E-state index contributed by atoms with van der Waals surface area (Å²) in [7, 11) is 0. The van der Waals surface area contributed by atoms with E-state index in [9.17, 15) is 4.79 Å². The number of hydrogen-bond acceptors (Lipinski definition) is 5. The highest BCUT2D eigenvalue weighted by atomic mass is 16.2. The minimum Gasteiger partial charge on any atom is -0.372 e. The normalized spacial score (nSPS) is 11.0. The van der Waals surface area contributed by atoms with Crippen LogP contribution in [0.5, 0.6) is 0 Å². The minimum atomic E-state index is -0.268. The van der Waals surface area contributed by atoms with E-state index in [0.717, 1.165) is 41.3 Å². The fourth-order valence-electron chi connectivity index (χ4n) is 3.56. The largest absolute Gasteiger partial charge is 0.372 e. The van der Waals surface area contributed by atoms with Gasteiger partial charge in [0, 0.05) is 54.1 Å². The standard InChI is InChI=1S/C26H26N6O/c1-3-31(4-2)23-14-12-20(13-15-23)26(33)29-28-18-22-19-32(24-10-6-5-7-11-24)30-25(22)21-9-8-16-27-17-21/h5-19H,3-4H2,1-2H3,(H,29,33)/b28-18+. The smallest absolute Gasteiger partial charge is 0.271 e. The van der Waals surface area contributed by atoms with Crippen LogP contribution < -0.4 is 10.3 Å². The van der Waals surface area contributed by atoms with E-state index in [1.54, 1.807) is 23.3 Å². The Kier molecular flexibility index (Phi) is 6.90. The van der Waals surface area contributed by atoms with Crippen LogP contribution in [0.1, 0.15) is 29.8 Å². The topological polar surface area (TPSA) is 75.4 Å². The zero-order valence-electron chi connectivity index (χ0n) is 18.7. The fraction of sp³-hybridized carbons (Fsp3) is 0.154. The molecule has 2 heterocycles. The molecule has 0 aliphatic rings. The molecule has 2 aromatic heterocycles. The number of pyridine rings is 1. The zero-order chi connectivity index (χ0) is 23.0.